The molecule has 2 N–H and O–H groups in total. The molecule has 2 rings (SSSR count). The molecule has 0 aromatic heterocycles. The van der Waals surface area contributed by atoms with Crippen LogP contribution in [0.2, 0.25) is 0 Å². The van der Waals surface area contributed by atoms with Crippen molar-refractivity contribution in [1.29, 1.82) is 0 Å². The van der Waals surface area contributed by atoms with E-state index in [-0.39, 0.29) is 6.04 Å². The third-order valence-corrected chi connectivity index (χ3v) is 5.33. The Morgan fingerprint density at radius 2 is 2.13 bits per heavy atom. The Morgan fingerprint density at radius 3 is 2.73 bits per heavy atom. The Labute approximate surface area is 90.2 Å². The van der Waals surface area contributed by atoms with Gasteiger partial charge in [0.15, 0.2) is 9.84 Å². The third kappa shape index (κ3) is 1.58. The Balaban J connectivity index is 2.57. The zero-order chi connectivity index (χ0) is 11.2. The molecule has 1 aromatic carbocycles. The van der Waals surface area contributed by atoms with Crippen LogP contribution < -0.4 is 5.73 Å². The lowest BCUT2D eigenvalue weighted by molar-refractivity contribution is 0.569. The summed E-state index contributed by atoms with van der Waals surface area (Å²) < 4.78 is 24.1. The van der Waals surface area contributed by atoms with Gasteiger partial charge in [0, 0.05) is 6.04 Å². The molecule has 0 amide bonds. The van der Waals surface area contributed by atoms with Crippen LogP contribution in [0.25, 0.3) is 0 Å². The Bertz CT molecular complexity index is 491. The second kappa shape index (κ2) is 3.32. The maximum atomic E-state index is 12.1. The molecule has 1 aromatic rings. The summed E-state index contributed by atoms with van der Waals surface area (Å²) in [7, 11) is -3.19. The van der Waals surface area contributed by atoms with Gasteiger partial charge in [0.1, 0.15) is 0 Å². The summed E-state index contributed by atoms with van der Waals surface area (Å²) in [6.07, 6.45) is 0.553. The van der Waals surface area contributed by atoms with Gasteiger partial charge in [-0.3, -0.25) is 0 Å². The molecule has 4 heteroatoms. The summed E-state index contributed by atoms with van der Waals surface area (Å²) in [5.74, 6) is 0. The van der Waals surface area contributed by atoms with Crippen molar-refractivity contribution in [2.24, 2.45) is 5.73 Å². The fourth-order valence-electron chi connectivity index (χ4n) is 2.10. The van der Waals surface area contributed by atoms with Crippen LogP contribution in [0.3, 0.4) is 0 Å². The maximum absolute atomic E-state index is 12.1. The Hall–Kier alpha value is -0.870. The minimum Gasteiger partial charge on any atom is -0.327 e. The van der Waals surface area contributed by atoms with Crippen molar-refractivity contribution >= 4 is 9.84 Å². The third-order valence-electron chi connectivity index (χ3n) is 2.93. The van der Waals surface area contributed by atoms with Gasteiger partial charge < -0.3 is 5.73 Å². The highest BCUT2D eigenvalue weighted by Crippen LogP contribution is 2.32. The molecular formula is C11H15NO2S. The molecule has 0 radical (unpaired) electrons. The van der Waals surface area contributed by atoms with E-state index in [1.54, 1.807) is 13.0 Å². The van der Waals surface area contributed by atoms with Gasteiger partial charge in [-0.25, -0.2) is 8.42 Å². The minimum absolute atomic E-state index is 0.317. The highest BCUT2D eigenvalue weighted by molar-refractivity contribution is 7.92. The van der Waals surface area contributed by atoms with Crippen LogP contribution in [-0.2, 0) is 16.3 Å². The quantitative estimate of drug-likeness (QED) is 0.777. The number of hydrogen-bond acceptors (Lipinski definition) is 3. The van der Waals surface area contributed by atoms with Crippen molar-refractivity contribution in [3.8, 4) is 0 Å². The van der Waals surface area contributed by atoms with Crippen molar-refractivity contribution in [3.05, 3.63) is 29.3 Å². The molecule has 2 unspecified atom stereocenters. The van der Waals surface area contributed by atoms with Crippen molar-refractivity contribution in [3.63, 3.8) is 0 Å². The highest BCUT2D eigenvalue weighted by Gasteiger charge is 2.38. The van der Waals surface area contributed by atoms with Crippen LogP contribution in [0.1, 0.15) is 18.1 Å². The van der Waals surface area contributed by atoms with Gasteiger partial charge in [-0.2, -0.15) is 0 Å². The number of aryl methyl sites for hydroxylation is 1. The predicted octanol–water partition coefficient (Wildman–Crippen LogP) is 1.04. The van der Waals surface area contributed by atoms with Crippen LogP contribution in [0, 0.1) is 6.92 Å². The molecule has 1 aliphatic rings. The highest BCUT2D eigenvalue weighted by atomic mass is 32.2. The lowest BCUT2D eigenvalue weighted by atomic mass is 10.0. The van der Waals surface area contributed by atoms with Gasteiger partial charge in [-0.1, -0.05) is 17.7 Å². The predicted molar refractivity (Wildman–Crippen MR) is 59.5 cm³/mol. The number of benzene rings is 1. The smallest absolute Gasteiger partial charge is 0.183 e. The monoisotopic (exact) mass is 225 g/mol. The van der Waals surface area contributed by atoms with E-state index in [1.165, 1.54) is 0 Å². The second-order valence-corrected chi connectivity index (χ2v) is 6.39. The first kappa shape index (κ1) is 10.6. The van der Waals surface area contributed by atoms with Crippen molar-refractivity contribution in [1.82, 2.24) is 0 Å². The molecular weight excluding hydrogens is 210 g/mol. The van der Waals surface area contributed by atoms with E-state index < -0.39 is 15.1 Å². The number of rotatable bonds is 1. The van der Waals surface area contributed by atoms with E-state index in [0.717, 1.165) is 11.1 Å². The average Bonchev–Trinajstić information content (AvgIpc) is 2.37. The van der Waals surface area contributed by atoms with Crippen LogP contribution >= 0.6 is 0 Å². The summed E-state index contributed by atoms with van der Waals surface area (Å²) in [4.78, 5) is 0.468. The van der Waals surface area contributed by atoms with Gasteiger partial charge in [-0.15, -0.1) is 0 Å². The summed E-state index contributed by atoms with van der Waals surface area (Å²) >= 11 is 0. The molecule has 1 heterocycles. The molecule has 0 fully saturated rings. The SMILES string of the molecule is Cc1ccc2c(c1)CC(C(C)N)S2(=O)=O. The molecule has 15 heavy (non-hydrogen) atoms. The fourth-order valence-corrected chi connectivity index (χ4v) is 4.16. The standard InChI is InChI=1S/C11H15NO2S/c1-7-3-4-10-9(5-7)6-11(8(2)12)15(10,13)14/h3-5,8,11H,6,12H2,1-2H3. The zero-order valence-electron chi connectivity index (χ0n) is 8.90. The molecule has 1 aliphatic heterocycles. The second-order valence-electron chi connectivity index (χ2n) is 4.26. The number of hydrogen-bond donors (Lipinski definition) is 1. The molecule has 0 aliphatic carbocycles. The van der Waals surface area contributed by atoms with E-state index in [4.69, 9.17) is 5.73 Å². The van der Waals surface area contributed by atoms with Gasteiger partial charge in [0.25, 0.3) is 0 Å². The molecule has 0 saturated carbocycles. The van der Waals surface area contributed by atoms with E-state index in [2.05, 4.69) is 0 Å². The van der Waals surface area contributed by atoms with Crippen LogP contribution in [-0.4, -0.2) is 19.7 Å². The number of sulfone groups is 1. The first-order valence-corrected chi connectivity index (χ1v) is 6.56. The van der Waals surface area contributed by atoms with E-state index in [0.29, 0.717) is 11.3 Å². The Kier molecular flexibility index (Phi) is 2.35. The van der Waals surface area contributed by atoms with Crippen LogP contribution in [0.4, 0.5) is 0 Å². The van der Waals surface area contributed by atoms with Crippen molar-refractivity contribution < 1.29 is 8.42 Å². The van der Waals surface area contributed by atoms with E-state index in [9.17, 15) is 8.42 Å². The van der Waals surface area contributed by atoms with Gasteiger partial charge in [0.05, 0.1) is 10.1 Å². The Morgan fingerprint density at radius 1 is 1.47 bits per heavy atom. The van der Waals surface area contributed by atoms with E-state index >= 15 is 0 Å². The summed E-state index contributed by atoms with van der Waals surface area (Å²) in [5, 5.41) is -0.450. The zero-order valence-corrected chi connectivity index (χ0v) is 9.71. The van der Waals surface area contributed by atoms with Gasteiger partial charge in [-0.05, 0) is 31.9 Å². The summed E-state index contributed by atoms with van der Waals surface area (Å²) in [6, 6.07) is 5.15. The van der Waals surface area contributed by atoms with Crippen LogP contribution in [0.5, 0.6) is 0 Å². The number of fused-ring (bicyclic) bond motifs is 1. The summed E-state index contributed by atoms with van der Waals surface area (Å²) in [6.45, 7) is 3.72. The minimum atomic E-state index is -3.19. The van der Waals surface area contributed by atoms with Crippen molar-refractivity contribution in [2.45, 2.75) is 36.5 Å². The molecule has 3 nitrogen and oxygen atoms in total. The lowest BCUT2D eigenvalue weighted by Crippen LogP contribution is -2.36. The molecule has 2 atom stereocenters. The molecule has 0 spiro atoms. The molecule has 0 bridgehead atoms. The molecule has 0 saturated heterocycles. The maximum Gasteiger partial charge on any atom is 0.183 e. The van der Waals surface area contributed by atoms with Crippen molar-refractivity contribution in [2.75, 3.05) is 0 Å². The topological polar surface area (TPSA) is 60.2 Å². The summed E-state index contributed by atoms with van der Waals surface area (Å²) in [5.41, 5.74) is 7.72. The van der Waals surface area contributed by atoms with Gasteiger partial charge >= 0.3 is 0 Å². The fraction of sp³-hybridized carbons (Fsp3) is 0.455. The van der Waals surface area contributed by atoms with Crippen LogP contribution in [0.15, 0.2) is 23.1 Å². The lowest BCUT2D eigenvalue weighted by Gasteiger charge is -2.12. The average molecular weight is 225 g/mol. The van der Waals surface area contributed by atoms with E-state index in [1.807, 2.05) is 19.1 Å². The van der Waals surface area contributed by atoms with Gasteiger partial charge in [0.2, 0.25) is 0 Å². The normalized spacial score (nSPS) is 24.9. The first-order valence-electron chi connectivity index (χ1n) is 5.02. The largest absolute Gasteiger partial charge is 0.327 e. The number of nitrogens with two attached hydrogens (primary N) is 1. The molecule has 82 valence electrons. The first-order chi connectivity index (χ1) is 6.93.